The number of hydrogen-bond donors (Lipinski definition) is 4. The number of halogens is 1. The molecule has 2 aromatic heterocycles. The molecule has 1 amide bonds. The third kappa shape index (κ3) is 10.4. The van der Waals surface area contributed by atoms with Crippen molar-refractivity contribution in [3.8, 4) is 0 Å². The third-order valence-corrected chi connectivity index (χ3v) is 8.07. The van der Waals surface area contributed by atoms with Crippen LogP contribution in [-0.4, -0.2) is 62.0 Å². The highest BCUT2D eigenvalue weighted by Gasteiger charge is 2.45. The predicted octanol–water partition coefficient (Wildman–Crippen LogP) is 5.77. The molecule has 4 atom stereocenters. The first-order valence-corrected chi connectivity index (χ1v) is 16.3. The van der Waals surface area contributed by atoms with Crippen LogP contribution in [0.2, 0.25) is 0 Å². The fourth-order valence-corrected chi connectivity index (χ4v) is 5.39. The lowest BCUT2D eigenvalue weighted by molar-refractivity contribution is -0.118. The maximum Gasteiger partial charge on any atom is 0.280 e. The number of ether oxygens (including phenoxy) is 1. The lowest BCUT2D eigenvalue weighted by Crippen LogP contribution is -2.36. The number of anilines is 1. The first-order chi connectivity index (χ1) is 20.3. The van der Waals surface area contributed by atoms with Gasteiger partial charge in [-0.15, -0.1) is 0 Å². The zero-order valence-corrected chi connectivity index (χ0v) is 25.9. The number of imidazole rings is 1. The Morgan fingerprint density at radius 2 is 1.60 bits per heavy atom. The number of hydrogen-bond acceptors (Lipinski definition) is 7. The number of rotatable bonds is 21. The second kappa shape index (κ2) is 18.3. The van der Waals surface area contributed by atoms with E-state index in [0.717, 1.165) is 19.4 Å². The molecule has 3 rings (SSSR count). The van der Waals surface area contributed by atoms with Gasteiger partial charge in [0.25, 0.3) is 5.56 Å². The summed E-state index contributed by atoms with van der Waals surface area (Å²) in [5, 5.41) is 16.3. The Kier molecular flexibility index (Phi) is 14.9. The lowest BCUT2D eigenvalue weighted by Gasteiger charge is -2.16. The van der Waals surface area contributed by atoms with E-state index in [2.05, 4.69) is 32.5 Å². The van der Waals surface area contributed by atoms with Gasteiger partial charge < -0.3 is 15.2 Å². The van der Waals surface area contributed by atoms with Crippen molar-refractivity contribution in [1.29, 1.82) is 0 Å². The van der Waals surface area contributed by atoms with E-state index < -0.39 is 30.2 Å². The Labute approximate surface area is 249 Å². The van der Waals surface area contributed by atoms with E-state index in [1.165, 1.54) is 94.4 Å². The first-order valence-electron chi connectivity index (χ1n) is 16.3. The van der Waals surface area contributed by atoms with Gasteiger partial charge in [0.15, 0.2) is 23.6 Å². The first kappa shape index (κ1) is 34.1. The maximum absolute atomic E-state index is 15.1. The SMILES string of the molecule is CCCCCCCCCCCCCCCCCNC[C@H]1O[C@@H](n2cnc3c(=O)[nH]c(NC(=O)C(C)C)nc32)C(F)[C@@H]1O. The summed E-state index contributed by atoms with van der Waals surface area (Å²) >= 11 is 0. The summed E-state index contributed by atoms with van der Waals surface area (Å²) < 4.78 is 22.3. The second-order valence-electron chi connectivity index (χ2n) is 12.0. The van der Waals surface area contributed by atoms with E-state index in [4.69, 9.17) is 4.74 Å². The van der Waals surface area contributed by atoms with Crippen LogP contribution in [0.3, 0.4) is 0 Å². The highest BCUT2D eigenvalue weighted by atomic mass is 19.1. The van der Waals surface area contributed by atoms with E-state index in [-0.39, 0.29) is 28.9 Å². The van der Waals surface area contributed by atoms with Gasteiger partial charge in [0.1, 0.15) is 12.2 Å². The number of carbonyl (C=O) groups is 1. The fourth-order valence-electron chi connectivity index (χ4n) is 5.39. The van der Waals surface area contributed by atoms with Crippen molar-refractivity contribution >= 4 is 23.0 Å². The smallest absolute Gasteiger partial charge is 0.280 e. The van der Waals surface area contributed by atoms with Crippen molar-refractivity contribution in [2.24, 2.45) is 5.92 Å². The Balaban J connectivity index is 1.31. The Morgan fingerprint density at radius 1 is 1.02 bits per heavy atom. The van der Waals surface area contributed by atoms with Gasteiger partial charge in [0.2, 0.25) is 11.9 Å². The molecule has 238 valence electrons. The van der Waals surface area contributed by atoms with Crippen LogP contribution in [-0.2, 0) is 9.53 Å². The number of aliphatic hydroxyl groups excluding tert-OH is 1. The average Bonchev–Trinajstić information content (AvgIpc) is 3.51. The average molecular weight is 593 g/mol. The van der Waals surface area contributed by atoms with Gasteiger partial charge in [0, 0.05) is 12.5 Å². The Bertz CT molecular complexity index is 1120. The molecule has 11 heteroatoms. The van der Waals surface area contributed by atoms with Crippen LogP contribution < -0.4 is 16.2 Å². The molecular formula is C31H53FN6O4. The van der Waals surface area contributed by atoms with Gasteiger partial charge >= 0.3 is 0 Å². The molecule has 10 nitrogen and oxygen atoms in total. The van der Waals surface area contributed by atoms with E-state index in [1.807, 2.05) is 0 Å². The quantitative estimate of drug-likeness (QED) is 0.135. The van der Waals surface area contributed by atoms with E-state index in [1.54, 1.807) is 13.8 Å². The minimum absolute atomic E-state index is 0.00224. The third-order valence-electron chi connectivity index (χ3n) is 8.07. The number of alkyl halides is 1. The van der Waals surface area contributed by atoms with Gasteiger partial charge in [-0.3, -0.25) is 24.5 Å². The summed E-state index contributed by atoms with van der Waals surface area (Å²) in [6.07, 6.45) is 16.0. The largest absolute Gasteiger partial charge is 0.387 e. The van der Waals surface area contributed by atoms with Crippen LogP contribution in [0.25, 0.3) is 11.2 Å². The number of aliphatic hydroxyl groups is 1. The zero-order chi connectivity index (χ0) is 30.3. The summed E-state index contributed by atoms with van der Waals surface area (Å²) in [5.74, 6) is -0.689. The van der Waals surface area contributed by atoms with Crippen LogP contribution in [0.4, 0.5) is 10.3 Å². The molecule has 3 heterocycles. The van der Waals surface area contributed by atoms with E-state index in [9.17, 15) is 14.7 Å². The minimum atomic E-state index is -1.73. The van der Waals surface area contributed by atoms with Gasteiger partial charge in [-0.2, -0.15) is 4.98 Å². The maximum atomic E-state index is 15.1. The van der Waals surface area contributed by atoms with Crippen molar-refractivity contribution in [3.63, 3.8) is 0 Å². The van der Waals surface area contributed by atoms with Crippen molar-refractivity contribution in [2.45, 2.75) is 142 Å². The topological polar surface area (TPSA) is 134 Å². The molecular weight excluding hydrogens is 539 g/mol. The van der Waals surface area contributed by atoms with Crippen LogP contribution in [0.5, 0.6) is 0 Å². The summed E-state index contributed by atoms with van der Waals surface area (Å²) in [4.78, 5) is 35.3. The number of nitrogens with zero attached hydrogens (tertiary/aromatic N) is 3. The standard InChI is InChI=1S/C31H53FN6O4/c1-4-5-6-7-8-9-10-11-12-13-14-15-16-17-18-19-33-20-23-26(39)24(32)30(42-23)38-21-34-25-27(38)35-31(37-29(25)41)36-28(40)22(2)3/h21-24,26,30,33,39H,4-20H2,1-3H3,(H2,35,36,37,40,41)/t23-,24?,26-,30-/m1/s1. The summed E-state index contributed by atoms with van der Waals surface area (Å²) in [7, 11) is 0. The summed E-state index contributed by atoms with van der Waals surface area (Å²) in [5.41, 5.74) is -0.491. The molecule has 1 aliphatic rings. The molecule has 1 fully saturated rings. The molecule has 4 N–H and O–H groups in total. The van der Waals surface area contributed by atoms with Gasteiger partial charge in [-0.25, -0.2) is 9.37 Å². The molecule has 0 spiro atoms. The molecule has 0 bridgehead atoms. The normalized spacial score (nSPS) is 20.6. The molecule has 0 saturated carbocycles. The number of carbonyl (C=O) groups excluding carboxylic acids is 1. The minimum Gasteiger partial charge on any atom is -0.387 e. The predicted molar refractivity (Wildman–Crippen MR) is 164 cm³/mol. The Hall–Kier alpha value is -2.37. The number of aromatic amines is 1. The molecule has 2 aromatic rings. The fraction of sp³-hybridized carbons (Fsp3) is 0.806. The van der Waals surface area contributed by atoms with Crippen LogP contribution >= 0.6 is 0 Å². The molecule has 1 unspecified atom stereocenters. The summed E-state index contributed by atoms with van der Waals surface area (Å²) in [6, 6.07) is 0. The van der Waals surface area contributed by atoms with Gasteiger partial charge in [-0.1, -0.05) is 111 Å². The number of nitrogens with one attached hydrogen (secondary N) is 3. The van der Waals surface area contributed by atoms with Gasteiger partial charge in [-0.05, 0) is 13.0 Å². The number of aromatic nitrogens is 4. The molecule has 0 radical (unpaired) electrons. The number of H-pyrrole nitrogens is 1. The zero-order valence-electron chi connectivity index (χ0n) is 25.9. The molecule has 1 aliphatic heterocycles. The lowest BCUT2D eigenvalue weighted by atomic mass is 10.0. The molecule has 42 heavy (non-hydrogen) atoms. The van der Waals surface area contributed by atoms with Crippen molar-refractivity contribution in [3.05, 3.63) is 16.7 Å². The molecule has 0 aliphatic carbocycles. The molecule has 0 aromatic carbocycles. The number of unbranched alkanes of at least 4 members (excludes halogenated alkanes) is 14. The number of fused-ring (bicyclic) bond motifs is 1. The van der Waals surface area contributed by atoms with Crippen molar-refractivity contribution < 1.29 is 19.0 Å². The highest BCUT2D eigenvalue weighted by molar-refractivity contribution is 5.91. The monoisotopic (exact) mass is 592 g/mol. The second-order valence-corrected chi connectivity index (χ2v) is 12.0. The number of amides is 1. The molecule has 1 saturated heterocycles. The van der Waals surface area contributed by atoms with Gasteiger partial charge in [0.05, 0.1) is 6.33 Å². The van der Waals surface area contributed by atoms with Crippen LogP contribution in [0, 0.1) is 5.92 Å². The van der Waals surface area contributed by atoms with Crippen LogP contribution in [0.1, 0.15) is 123 Å². The van der Waals surface area contributed by atoms with E-state index in [0.29, 0.717) is 6.54 Å². The van der Waals surface area contributed by atoms with Crippen molar-refractivity contribution in [1.82, 2.24) is 24.8 Å². The Morgan fingerprint density at radius 3 is 2.17 bits per heavy atom. The van der Waals surface area contributed by atoms with Crippen LogP contribution in [0.15, 0.2) is 11.1 Å². The highest BCUT2D eigenvalue weighted by Crippen LogP contribution is 2.33. The summed E-state index contributed by atoms with van der Waals surface area (Å²) in [6.45, 7) is 6.78. The van der Waals surface area contributed by atoms with Crippen molar-refractivity contribution in [2.75, 3.05) is 18.4 Å². The van der Waals surface area contributed by atoms with E-state index >= 15 is 4.39 Å².